The van der Waals surface area contributed by atoms with Crippen LogP contribution < -0.4 is 10.1 Å². The molecule has 6 nitrogen and oxygen atoms in total. The van der Waals surface area contributed by atoms with Gasteiger partial charge in [-0.05, 0) is 53.1 Å². The maximum absolute atomic E-state index is 12.8. The molecule has 0 atom stereocenters. The van der Waals surface area contributed by atoms with Crippen molar-refractivity contribution in [3.8, 4) is 17.0 Å². The number of carbonyl (C=O) groups excluding carboxylic acids is 1. The number of nitrogens with zero attached hydrogens (tertiary/aromatic N) is 2. The Labute approximate surface area is 163 Å². The average molecular weight is 400 g/mol. The molecular weight excluding hydrogens is 386 g/mol. The molecule has 8 heteroatoms. The van der Waals surface area contributed by atoms with E-state index >= 15 is 0 Å². The number of benzene rings is 2. The van der Waals surface area contributed by atoms with E-state index in [0.717, 1.165) is 21.2 Å². The lowest BCUT2D eigenvalue weighted by atomic mass is 10.1. The summed E-state index contributed by atoms with van der Waals surface area (Å²) in [7, 11) is 1.59. The molecule has 0 aliphatic carbocycles. The third-order valence-corrected chi connectivity index (χ3v) is 5.73. The van der Waals surface area contributed by atoms with Crippen molar-refractivity contribution in [3.05, 3.63) is 57.9 Å². The van der Waals surface area contributed by atoms with E-state index in [-0.39, 0.29) is 11.7 Å². The molecule has 136 valence electrons. The number of thiophene rings is 1. The zero-order chi connectivity index (χ0) is 19.0. The lowest BCUT2D eigenvalue weighted by molar-refractivity contribution is 0.102. The Kier molecular flexibility index (Phi) is 4.55. The largest absolute Gasteiger partial charge is 0.497 e. The molecule has 2 heterocycles. The molecule has 0 bridgehead atoms. The Balaban J connectivity index is 1.64. The van der Waals surface area contributed by atoms with Gasteiger partial charge in [0.2, 0.25) is 5.82 Å². The fourth-order valence-corrected chi connectivity index (χ4v) is 4.20. The fraction of sp³-hybridized carbons (Fsp3) is 0.105. The number of hydrogen-bond acceptors (Lipinski definition) is 6. The second-order valence-corrected chi connectivity index (χ2v) is 7.32. The highest BCUT2D eigenvalue weighted by Crippen LogP contribution is 2.36. The van der Waals surface area contributed by atoms with Crippen molar-refractivity contribution in [2.45, 2.75) is 6.92 Å². The topological polar surface area (TPSA) is 77.2 Å². The van der Waals surface area contributed by atoms with Crippen LogP contribution in [0.25, 0.3) is 21.3 Å². The van der Waals surface area contributed by atoms with Gasteiger partial charge in [-0.2, -0.15) is 0 Å². The summed E-state index contributed by atoms with van der Waals surface area (Å²) >= 11 is 7.75. The van der Waals surface area contributed by atoms with E-state index in [2.05, 4.69) is 15.6 Å². The third kappa shape index (κ3) is 3.27. The SMILES string of the molecule is COc1ccc(-c2nonc2NC(=O)c2sc3cc(C)ccc3c2Cl)cc1. The predicted octanol–water partition coefficient (Wildman–Crippen LogP) is 5.17. The fourth-order valence-electron chi connectivity index (χ4n) is 2.69. The molecule has 2 aromatic heterocycles. The van der Waals surface area contributed by atoms with E-state index in [1.807, 2.05) is 37.3 Å². The number of nitrogens with one attached hydrogen (secondary N) is 1. The van der Waals surface area contributed by atoms with Crippen LogP contribution in [0.1, 0.15) is 15.2 Å². The summed E-state index contributed by atoms with van der Waals surface area (Å²) in [5.74, 6) is 0.590. The molecule has 27 heavy (non-hydrogen) atoms. The van der Waals surface area contributed by atoms with Gasteiger partial charge in [0.25, 0.3) is 5.91 Å². The second kappa shape index (κ2) is 7.02. The Morgan fingerprint density at radius 2 is 1.96 bits per heavy atom. The van der Waals surface area contributed by atoms with Crippen molar-refractivity contribution in [3.63, 3.8) is 0 Å². The van der Waals surface area contributed by atoms with Crippen molar-refractivity contribution in [1.29, 1.82) is 0 Å². The number of methoxy groups -OCH3 is 1. The molecule has 0 fully saturated rings. The molecule has 4 rings (SSSR count). The number of anilines is 1. The van der Waals surface area contributed by atoms with E-state index in [9.17, 15) is 4.79 Å². The maximum atomic E-state index is 12.8. The van der Waals surface area contributed by atoms with Gasteiger partial charge in [0.15, 0.2) is 5.69 Å². The Morgan fingerprint density at radius 3 is 2.70 bits per heavy atom. The van der Waals surface area contributed by atoms with Gasteiger partial charge in [0.05, 0.1) is 12.1 Å². The zero-order valence-electron chi connectivity index (χ0n) is 14.4. The normalized spacial score (nSPS) is 10.9. The highest BCUT2D eigenvalue weighted by molar-refractivity contribution is 7.21. The molecule has 1 amide bonds. The number of ether oxygens (including phenoxy) is 1. The average Bonchev–Trinajstić information content (AvgIpc) is 3.26. The van der Waals surface area contributed by atoms with Crippen molar-refractivity contribution < 1.29 is 14.2 Å². The van der Waals surface area contributed by atoms with E-state index in [0.29, 0.717) is 21.3 Å². The van der Waals surface area contributed by atoms with Crippen LogP contribution in [0.15, 0.2) is 47.1 Å². The molecule has 0 spiro atoms. The number of rotatable bonds is 4. The lowest BCUT2D eigenvalue weighted by Crippen LogP contribution is -2.11. The van der Waals surface area contributed by atoms with Gasteiger partial charge in [-0.3, -0.25) is 4.79 Å². The zero-order valence-corrected chi connectivity index (χ0v) is 16.0. The molecule has 0 radical (unpaired) electrons. The summed E-state index contributed by atoms with van der Waals surface area (Å²) in [4.78, 5) is 13.2. The summed E-state index contributed by atoms with van der Waals surface area (Å²) in [5, 5.41) is 11.7. The number of halogens is 1. The Hall–Kier alpha value is -2.90. The van der Waals surface area contributed by atoms with E-state index < -0.39 is 0 Å². The summed E-state index contributed by atoms with van der Waals surface area (Å²) in [6.45, 7) is 2.00. The van der Waals surface area contributed by atoms with Crippen LogP contribution in [0.3, 0.4) is 0 Å². The Morgan fingerprint density at radius 1 is 1.19 bits per heavy atom. The van der Waals surface area contributed by atoms with Crippen LogP contribution in [0.4, 0.5) is 5.82 Å². The molecule has 0 aliphatic heterocycles. The summed E-state index contributed by atoms with van der Waals surface area (Å²) < 4.78 is 10.9. The highest BCUT2D eigenvalue weighted by atomic mass is 35.5. The molecule has 0 aliphatic rings. The minimum Gasteiger partial charge on any atom is -0.497 e. The van der Waals surface area contributed by atoms with Crippen LogP contribution >= 0.6 is 22.9 Å². The van der Waals surface area contributed by atoms with Gasteiger partial charge >= 0.3 is 0 Å². The third-order valence-electron chi connectivity index (χ3n) is 4.08. The number of carbonyl (C=O) groups is 1. The Bertz CT molecular complexity index is 1140. The van der Waals surface area contributed by atoms with Crippen LogP contribution in [-0.4, -0.2) is 23.3 Å². The molecule has 4 aromatic rings. The number of hydrogen-bond donors (Lipinski definition) is 1. The number of aryl methyl sites for hydroxylation is 1. The van der Waals surface area contributed by atoms with Gasteiger partial charge in [0.1, 0.15) is 10.6 Å². The predicted molar refractivity (Wildman–Crippen MR) is 106 cm³/mol. The molecule has 1 N–H and O–H groups in total. The second-order valence-electron chi connectivity index (χ2n) is 5.89. The quantitative estimate of drug-likeness (QED) is 0.512. The van der Waals surface area contributed by atoms with Crippen molar-refractivity contribution in [1.82, 2.24) is 10.3 Å². The summed E-state index contributed by atoms with van der Waals surface area (Å²) in [5.41, 5.74) is 2.28. The monoisotopic (exact) mass is 399 g/mol. The summed E-state index contributed by atoms with van der Waals surface area (Å²) in [6, 6.07) is 13.1. The minimum atomic E-state index is -0.357. The lowest BCUT2D eigenvalue weighted by Gasteiger charge is -2.03. The van der Waals surface area contributed by atoms with E-state index in [1.165, 1.54) is 11.3 Å². The number of amides is 1. The smallest absolute Gasteiger partial charge is 0.268 e. The van der Waals surface area contributed by atoms with E-state index in [4.69, 9.17) is 21.0 Å². The van der Waals surface area contributed by atoms with Crippen molar-refractivity contribution >= 4 is 44.7 Å². The van der Waals surface area contributed by atoms with Gasteiger partial charge < -0.3 is 10.1 Å². The first kappa shape index (κ1) is 17.5. The standard InChI is InChI=1S/C19H14ClN3O3S/c1-10-3-8-13-14(9-10)27-17(15(13)20)19(24)21-18-16(22-26-23-18)11-4-6-12(25-2)7-5-11/h3-9H,1-2H3,(H,21,23,24). The van der Waals surface area contributed by atoms with Crippen molar-refractivity contribution in [2.24, 2.45) is 0 Å². The number of aromatic nitrogens is 2. The molecular formula is C19H14ClN3O3S. The summed E-state index contributed by atoms with van der Waals surface area (Å²) in [6.07, 6.45) is 0. The van der Waals surface area contributed by atoms with Crippen LogP contribution in [0.5, 0.6) is 5.75 Å². The van der Waals surface area contributed by atoms with Crippen LogP contribution in [0, 0.1) is 6.92 Å². The maximum Gasteiger partial charge on any atom is 0.268 e. The van der Waals surface area contributed by atoms with Crippen molar-refractivity contribution in [2.75, 3.05) is 12.4 Å². The van der Waals surface area contributed by atoms with Crippen LogP contribution in [-0.2, 0) is 0 Å². The van der Waals surface area contributed by atoms with E-state index in [1.54, 1.807) is 19.2 Å². The van der Waals surface area contributed by atoms with Gasteiger partial charge in [0, 0.05) is 15.6 Å². The molecule has 2 aromatic carbocycles. The molecule has 0 saturated carbocycles. The minimum absolute atomic E-state index is 0.231. The van der Waals surface area contributed by atoms with Gasteiger partial charge in [-0.25, -0.2) is 4.63 Å². The van der Waals surface area contributed by atoms with Gasteiger partial charge in [-0.1, -0.05) is 23.7 Å². The van der Waals surface area contributed by atoms with Crippen LogP contribution in [0.2, 0.25) is 5.02 Å². The first-order chi connectivity index (χ1) is 13.1. The first-order valence-corrected chi connectivity index (χ1v) is 9.23. The highest BCUT2D eigenvalue weighted by Gasteiger charge is 2.21. The van der Waals surface area contributed by atoms with Gasteiger partial charge in [-0.15, -0.1) is 11.3 Å². The first-order valence-electron chi connectivity index (χ1n) is 8.04. The number of fused-ring (bicyclic) bond motifs is 1. The molecule has 0 saturated heterocycles. The molecule has 0 unspecified atom stereocenters.